The van der Waals surface area contributed by atoms with Crippen LogP contribution in [0.15, 0.2) is 0 Å². The Morgan fingerprint density at radius 1 is 1.26 bits per heavy atom. The summed E-state index contributed by atoms with van der Waals surface area (Å²) in [6, 6.07) is -0.188. The highest BCUT2D eigenvalue weighted by Gasteiger charge is 2.37. The number of carboxylic acid groups (broad SMARTS) is 1. The topological polar surface area (TPSA) is 78.4 Å². The molecule has 0 aromatic heterocycles. The minimum absolute atomic E-state index is 0.000221. The van der Waals surface area contributed by atoms with E-state index in [0.29, 0.717) is 19.0 Å². The Balaban J connectivity index is 2.24. The average Bonchev–Trinajstić information content (AvgIpc) is 3.01. The molecule has 3 N–H and O–H groups in total. The predicted molar refractivity (Wildman–Crippen MR) is 73.9 cm³/mol. The molecule has 2 amide bonds. The number of hydrogen-bond acceptors (Lipinski definition) is 2. The molecule has 1 fully saturated rings. The normalized spacial score (nSPS) is 17.9. The van der Waals surface area contributed by atoms with Gasteiger partial charge in [0.15, 0.2) is 0 Å². The number of hydrogen-bond donors (Lipinski definition) is 3. The number of rotatable bonds is 8. The van der Waals surface area contributed by atoms with E-state index in [0.717, 1.165) is 6.42 Å². The number of amides is 2. The van der Waals surface area contributed by atoms with E-state index in [2.05, 4.69) is 31.4 Å². The number of urea groups is 1. The molecule has 5 nitrogen and oxygen atoms in total. The Morgan fingerprint density at radius 3 is 2.37 bits per heavy atom. The molecule has 0 radical (unpaired) electrons. The van der Waals surface area contributed by atoms with E-state index in [4.69, 9.17) is 5.11 Å². The van der Waals surface area contributed by atoms with E-state index >= 15 is 0 Å². The molecule has 0 unspecified atom stereocenters. The van der Waals surface area contributed by atoms with Gasteiger partial charge in [-0.25, -0.2) is 4.79 Å². The van der Waals surface area contributed by atoms with Gasteiger partial charge in [0.05, 0.1) is 0 Å². The zero-order valence-corrected chi connectivity index (χ0v) is 12.2. The fourth-order valence-electron chi connectivity index (χ4n) is 2.14. The molecular formula is C14H26N2O3. The molecule has 19 heavy (non-hydrogen) atoms. The number of carbonyl (C=O) groups excluding carboxylic acids is 1. The van der Waals surface area contributed by atoms with Crippen molar-refractivity contribution in [1.82, 2.24) is 10.6 Å². The van der Waals surface area contributed by atoms with Crippen LogP contribution in [0, 0.1) is 17.3 Å². The van der Waals surface area contributed by atoms with Crippen molar-refractivity contribution in [1.29, 1.82) is 0 Å². The average molecular weight is 270 g/mol. The smallest absolute Gasteiger partial charge is 0.314 e. The monoisotopic (exact) mass is 270 g/mol. The van der Waals surface area contributed by atoms with Crippen molar-refractivity contribution in [3.05, 3.63) is 0 Å². The van der Waals surface area contributed by atoms with Gasteiger partial charge in [0.1, 0.15) is 0 Å². The summed E-state index contributed by atoms with van der Waals surface area (Å²) in [6.45, 7) is 7.39. The van der Waals surface area contributed by atoms with Crippen LogP contribution in [0.5, 0.6) is 0 Å². The van der Waals surface area contributed by atoms with Gasteiger partial charge in [-0.2, -0.15) is 0 Å². The second-order valence-corrected chi connectivity index (χ2v) is 6.47. The van der Waals surface area contributed by atoms with Crippen LogP contribution in [0.4, 0.5) is 4.79 Å². The zero-order chi connectivity index (χ0) is 14.5. The van der Waals surface area contributed by atoms with E-state index in [1.54, 1.807) is 0 Å². The van der Waals surface area contributed by atoms with Crippen LogP contribution < -0.4 is 10.6 Å². The zero-order valence-electron chi connectivity index (χ0n) is 12.2. The lowest BCUT2D eigenvalue weighted by atomic mass is 9.94. The molecule has 0 spiro atoms. The summed E-state index contributed by atoms with van der Waals surface area (Å²) in [4.78, 5) is 22.4. The maximum Gasteiger partial charge on any atom is 0.314 e. The van der Waals surface area contributed by atoms with Crippen LogP contribution in [0.1, 0.15) is 46.5 Å². The van der Waals surface area contributed by atoms with Crippen LogP contribution >= 0.6 is 0 Å². The summed E-state index contributed by atoms with van der Waals surface area (Å²) in [7, 11) is 0. The predicted octanol–water partition coefficient (Wildman–Crippen LogP) is 2.22. The van der Waals surface area contributed by atoms with Crippen molar-refractivity contribution in [3.8, 4) is 0 Å². The quantitative estimate of drug-likeness (QED) is 0.633. The Morgan fingerprint density at radius 2 is 1.89 bits per heavy atom. The molecule has 1 aliphatic rings. The Hall–Kier alpha value is -1.26. The number of carbonyl (C=O) groups is 2. The van der Waals surface area contributed by atoms with E-state index in [1.807, 2.05) is 0 Å². The molecular weight excluding hydrogens is 244 g/mol. The summed E-state index contributed by atoms with van der Waals surface area (Å²) in [5.74, 6) is -0.377. The van der Waals surface area contributed by atoms with Gasteiger partial charge in [-0.05, 0) is 36.5 Å². The molecule has 0 aromatic rings. The highest BCUT2D eigenvalue weighted by Crippen LogP contribution is 2.43. The van der Waals surface area contributed by atoms with Crippen molar-refractivity contribution >= 4 is 12.0 Å². The standard InChI is InChI=1S/C14H26N2O3/c1-10(2)6-11(7-12(17)18)8-15-13(19)16-9-14(3)4-5-14/h10-11H,4-9H2,1-3H3,(H,17,18)(H2,15,16,19)/t11-/m0/s1. The fourth-order valence-corrected chi connectivity index (χ4v) is 2.14. The van der Waals surface area contributed by atoms with Gasteiger partial charge in [-0.15, -0.1) is 0 Å². The first-order valence-corrected chi connectivity index (χ1v) is 7.04. The summed E-state index contributed by atoms with van der Waals surface area (Å²) in [6.07, 6.45) is 3.25. The molecule has 1 rings (SSSR count). The summed E-state index contributed by atoms with van der Waals surface area (Å²) < 4.78 is 0. The molecule has 1 atom stereocenters. The Kier molecular flexibility index (Phi) is 5.63. The fraction of sp³-hybridized carbons (Fsp3) is 0.857. The molecule has 0 aromatic carbocycles. The second-order valence-electron chi connectivity index (χ2n) is 6.47. The van der Waals surface area contributed by atoms with E-state index in [9.17, 15) is 9.59 Å². The SMILES string of the molecule is CC(C)C[C@H](CNC(=O)NCC1(C)CC1)CC(=O)O. The third-order valence-corrected chi connectivity index (χ3v) is 3.60. The second kappa shape index (κ2) is 6.78. The van der Waals surface area contributed by atoms with Gasteiger partial charge in [-0.3, -0.25) is 4.79 Å². The van der Waals surface area contributed by atoms with Crippen LogP contribution in [0.25, 0.3) is 0 Å². The van der Waals surface area contributed by atoms with Crippen molar-refractivity contribution in [3.63, 3.8) is 0 Å². The first-order chi connectivity index (χ1) is 8.81. The Bertz CT molecular complexity index is 325. The molecule has 0 heterocycles. The van der Waals surface area contributed by atoms with E-state index < -0.39 is 5.97 Å². The maximum atomic E-state index is 11.6. The first kappa shape index (κ1) is 15.8. The first-order valence-electron chi connectivity index (χ1n) is 7.04. The lowest BCUT2D eigenvalue weighted by molar-refractivity contribution is -0.138. The maximum absolute atomic E-state index is 11.6. The number of nitrogens with one attached hydrogen (secondary N) is 2. The van der Waals surface area contributed by atoms with Gasteiger partial charge in [-0.1, -0.05) is 20.8 Å². The van der Waals surface area contributed by atoms with Crippen molar-refractivity contribution in [2.75, 3.05) is 13.1 Å². The summed E-state index contributed by atoms with van der Waals surface area (Å²) >= 11 is 0. The van der Waals surface area contributed by atoms with Gasteiger partial charge in [0, 0.05) is 19.5 Å². The summed E-state index contributed by atoms with van der Waals surface area (Å²) in [5, 5.41) is 14.5. The molecule has 1 aliphatic carbocycles. The van der Waals surface area contributed by atoms with Crippen molar-refractivity contribution < 1.29 is 14.7 Å². The Labute approximate surface area is 115 Å². The summed E-state index contributed by atoms with van der Waals surface area (Å²) in [5.41, 5.74) is 0.287. The molecule has 1 saturated carbocycles. The van der Waals surface area contributed by atoms with E-state index in [1.165, 1.54) is 12.8 Å². The third kappa shape index (κ3) is 7.03. The molecule has 5 heteroatoms. The number of carboxylic acids is 1. The van der Waals surface area contributed by atoms with E-state index in [-0.39, 0.29) is 23.8 Å². The van der Waals surface area contributed by atoms with Gasteiger partial charge in [0.25, 0.3) is 0 Å². The van der Waals surface area contributed by atoms with Gasteiger partial charge in [0.2, 0.25) is 0 Å². The van der Waals surface area contributed by atoms with Crippen LogP contribution in [0.3, 0.4) is 0 Å². The molecule has 0 bridgehead atoms. The lowest BCUT2D eigenvalue weighted by Crippen LogP contribution is -2.40. The van der Waals surface area contributed by atoms with Gasteiger partial charge < -0.3 is 15.7 Å². The van der Waals surface area contributed by atoms with Gasteiger partial charge >= 0.3 is 12.0 Å². The lowest BCUT2D eigenvalue weighted by Gasteiger charge is -2.18. The third-order valence-electron chi connectivity index (χ3n) is 3.60. The minimum atomic E-state index is -0.807. The highest BCUT2D eigenvalue weighted by atomic mass is 16.4. The molecule has 0 aliphatic heterocycles. The van der Waals surface area contributed by atoms with Crippen molar-refractivity contribution in [2.45, 2.75) is 46.5 Å². The van der Waals surface area contributed by atoms with Crippen molar-refractivity contribution in [2.24, 2.45) is 17.3 Å². The molecule has 0 saturated heterocycles. The van der Waals surface area contributed by atoms with Crippen LogP contribution in [-0.2, 0) is 4.79 Å². The minimum Gasteiger partial charge on any atom is -0.481 e. The molecule has 110 valence electrons. The van der Waals surface area contributed by atoms with Crippen LogP contribution in [0.2, 0.25) is 0 Å². The van der Waals surface area contributed by atoms with Crippen LogP contribution in [-0.4, -0.2) is 30.2 Å². The highest BCUT2D eigenvalue weighted by molar-refractivity contribution is 5.74. The largest absolute Gasteiger partial charge is 0.481 e. The number of aliphatic carboxylic acids is 1.